The highest BCUT2D eigenvalue weighted by Crippen LogP contribution is 2.42. The van der Waals surface area contributed by atoms with E-state index in [4.69, 9.17) is 9.47 Å². The zero-order valence-corrected chi connectivity index (χ0v) is 32.6. The molecule has 0 bridgehead atoms. The molecule has 11 heteroatoms. The van der Waals surface area contributed by atoms with E-state index in [0.717, 1.165) is 40.2 Å². The lowest BCUT2D eigenvalue weighted by Gasteiger charge is -2.19. The third-order valence-electron chi connectivity index (χ3n) is 8.95. The highest BCUT2D eigenvalue weighted by molar-refractivity contribution is 8.00. The molecular weight excluding hydrogens is 731 g/mol. The number of anilines is 2. The van der Waals surface area contributed by atoms with Crippen LogP contribution < -0.4 is 20.7 Å². The average molecular weight is 774 g/mol. The Bertz CT molecular complexity index is 2170. The molecule has 0 radical (unpaired) electrons. The Morgan fingerprint density at radius 2 is 1.60 bits per heavy atom. The Hall–Kier alpha value is -5.65. The lowest BCUT2D eigenvalue weighted by Crippen LogP contribution is -2.30. The lowest BCUT2D eigenvalue weighted by atomic mass is 9.88. The van der Waals surface area contributed by atoms with Crippen LogP contribution in [0.4, 0.5) is 10.7 Å². The minimum absolute atomic E-state index is 0.0445. The van der Waals surface area contributed by atoms with Crippen molar-refractivity contribution >= 4 is 63.6 Å². The Balaban J connectivity index is 1.25. The van der Waals surface area contributed by atoms with Gasteiger partial charge in [-0.3, -0.25) is 14.4 Å². The van der Waals surface area contributed by atoms with E-state index in [9.17, 15) is 19.2 Å². The summed E-state index contributed by atoms with van der Waals surface area (Å²) in [5, 5.41) is 8.62. The number of carbonyl (C=O) groups excluding carboxylic acids is 4. The van der Waals surface area contributed by atoms with Crippen LogP contribution in [0.1, 0.15) is 74.7 Å². The van der Waals surface area contributed by atoms with Gasteiger partial charge in [0.25, 0.3) is 11.8 Å². The molecule has 282 valence electrons. The number of amides is 3. The zero-order valence-electron chi connectivity index (χ0n) is 30.9. The molecule has 55 heavy (non-hydrogen) atoms. The molecule has 2 unspecified atom stereocenters. The summed E-state index contributed by atoms with van der Waals surface area (Å²) >= 11 is 2.78. The Kier molecular flexibility index (Phi) is 13.2. The molecule has 5 aromatic rings. The Labute approximate surface area is 329 Å². The number of hydrogen-bond donors (Lipinski definition) is 3. The largest absolute Gasteiger partial charge is 0.494 e. The predicted molar refractivity (Wildman–Crippen MR) is 220 cm³/mol. The second-order valence-electron chi connectivity index (χ2n) is 13.0. The summed E-state index contributed by atoms with van der Waals surface area (Å²) in [6.07, 6.45) is 4.19. The van der Waals surface area contributed by atoms with Crippen molar-refractivity contribution in [1.82, 2.24) is 5.32 Å². The zero-order chi connectivity index (χ0) is 38.7. The van der Waals surface area contributed by atoms with E-state index in [-0.39, 0.29) is 18.2 Å². The van der Waals surface area contributed by atoms with Crippen LogP contribution in [0.3, 0.4) is 0 Å². The van der Waals surface area contributed by atoms with Crippen molar-refractivity contribution in [1.29, 1.82) is 0 Å². The molecule has 1 aliphatic carbocycles. The lowest BCUT2D eigenvalue weighted by molar-refractivity contribution is -0.116. The van der Waals surface area contributed by atoms with Crippen molar-refractivity contribution in [2.45, 2.75) is 50.2 Å². The molecule has 3 amide bonds. The molecule has 1 aliphatic rings. The minimum atomic E-state index is -0.694. The van der Waals surface area contributed by atoms with Crippen LogP contribution in [-0.4, -0.2) is 36.9 Å². The first-order chi connectivity index (χ1) is 26.7. The first-order valence-electron chi connectivity index (χ1n) is 18.3. The van der Waals surface area contributed by atoms with Gasteiger partial charge in [-0.25, -0.2) is 4.79 Å². The highest BCUT2D eigenvalue weighted by Gasteiger charge is 2.31. The van der Waals surface area contributed by atoms with Crippen molar-refractivity contribution < 1.29 is 28.7 Å². The van der Waals surface area contributed by atoms with E-state index in [1.54, 1.807) is 79.7 Å². The summed E-state index contributed by atoms with van der Waals surface area (Å²) < 4.78 is 11.0. The van der Waals surface area contributed by atoms with Crippen molar-refractivity contribution in [3.8, 4) is 5.75 Å². The number of thioether (sulfide) groups is 1. The first kappa shape index (κ1) is 39.1. The SMILES string of the molecule is CCOC(=O)c1c(NC(=O)C(Sc2cccc(NC(=O)/C(=C\c3ccc(OCC)cc3)NC(=O)c3ccccc3)c2)c2ccccc2)sc2c1CCC(C)C2. The Morgan fingerprint density at radius 1 is 0.873 bits per heavy atom. The highest BCUT2D eigenvalue weighted by atomic mass is 32.2. The van der Waals surface area contributed by atoms with E-state index >= 15 is 0 Å². The topological polar surface area (TPSA) is 123 Å². The number of hydrogen-bond acceptors (Lipinski definition) is 8. The summed E-state index contributed by atoms with van der Waals surface area (Å²) in [7, 11) is 0. The van der Waals surface area contributed by atoms with Crippen molar-refractivity contribution in [2.75, 3.05) is 23.8 Å². The standard InChI is InChI=1S/C44H43N3O6S2/c1-4-52-33-22-20-29(21-23-33)26-36(46-40(48)31-15-10-7-11-16-31)41(49)45-32-17-12-18-34(27-32)54-39(30-13-8-6-9-14-30)42(50)47-43-38(44(51)53-5-2)35-24-19-28(3)25-37(35)55-43/h6-18,20-23,26-28,39H,4-5,19,24-25H2,1-3H3,(H,45,49)(H,46,48)(H,47,50)/b36-26+. The number of carbonyl (C=O) groups is 4. The smallest absolute Gasteiger partial charge is 0.341 e. The normalized spacial score (nSPS) is 14.2. The fraction of sp³-hybridized carbons (Fsp3) is 0.227. The van der Waals surface area contributed by atoms with Crippen LogP contribution in [0.5, 0.6) is 5.75 Å². The van der Waals surface area contributed by atoms with Crippen LogP contribution in [0.25, 0.3) is 6.08 Å². The summed E-state index contributed by atoms with van der Waals surface area (Å²) in [6, 6.07) is 32.5. The van der Waals surface area contributed by atoms with Crippen LogP contribution in [0.2, 0.25) is 0 Å². The number of thiophene rings is 1. The number of rotatable bonds is 14. The minimum Gasteiger partial charge on any atom is -0.494 e. The molecule has 9 nitrogen and oxygen atoms in total. The molecule has 0 fully saturated rings. The number of fused-ring (bicyclic) bond motifs is 1. The molecule has 0 spiro atoms. The van der Waals surface area contributed by atoms with E-state index in [0.29, 0.717) is 45.7 Å². The maximum atomic E-state index is 14.2. The monoisotopic (exact) mass is 773 g/mol. The van der Waals surface area contributed by atoms with Gasteiger partial charge in [0.1, 0.15) is 21.7 Å². The fourth-order valence-electron chi connectivity index (χ4n) is 6.25. The van der Waals surface area contributed by atoms with Gasteiger partial charge >= 0.3 is 5.97 Å². The quantitative estimate of drug-likeness (QED) is 0.0584. The number of ether oxygens (including phenoxy) is 2. The van der Waals surface area contributed by atoms with E-state index in [1.165, 1.54) is 23.1 Å². The van der Waals surface area contributed by atoms with Gasteiger partial charge in [0.05, 0.1) is 18.8 Å². The van der Waals surface area contributed by atoms with Crippen molar-refractivity contribution in [3.63, 3.8) is 0 Å². The van der Waals surface area contributed by atoms with Crippen LogP contribution >= 0.6 is 23.1 Å². The van der Waals surface area contributed by atoms with Crippen LogP contribution in [0, 0.1) is 5.92 Å². The molecule has 1 aromatic heterocycles. The average Bonchev–Trinajstić information content (AvgIpc) is 3.55. The molecule has 4 aromatic carbocycles. The molecule has 1 heterocycles. The third kappa shape index (κ3) is 10.1. The van der Waals surface area contributed by atoms with E-state index in [1.807, 2.05) is 49.4 Å². The van der Waals surface area contributed by atoms with Gasteiger partial charge in [0, 0.05) is 21.0 Å². The molecule has 0 saturated carbocycles. The van der Waals surface area contributed by atoms with Gasteiger partial charge in [0.15, 0.2) is 0 Å². The molecule has 6 rings (SSSR count). The number of benzene rings is 4. The van der Waals surface area contributed by atoms with E-state index in [2.05, 4.69) is 22.9 Å². The first-order valence-corrected chi connectivity index (χ1v) is 20.0. The van der Waals surface area contributed by atoms with Gasteiger partial charge in [-0.15, -0.1) is 23.1 Å². The van der Waals surface area contributed by atoms with Gasteiger partial charge in [0.2, 0.25) is 5.91 Å². The third-order valence-corrected chi connectivity index (χ3v) is 11.4. The van der Waals surface area contributed by atoms with Gasteiger partial charge < -0.3 is 25.4 Å². The predicted octanol–water partition coefficient (Wildman–Crippen LogP) is 9.33. The molecule has 3 N–H and O–H groups in total. The van der Waals surface area contributed by atoms with Crippen LogP contribution in [0.15, 0.2) is 120 Å². The van der Waals surface area contributed by atoms with Gasteiger partial charge in [-0.1, -0.05) is 73.7 Å². The van der Waals surface area contributed by atoms with Crippen molar-refractivity contribution in [2.24, 2.45) is 5.92 Å². The summed E-state index contributed by atoms with van der Waals surface area (Å²) in [5.41, 5.74) is 3.81. The fourth-order valence-corrected chi connectivity index (χ4v) is 8.74. The summed E-state index contributed by atoms with van der Waals surface area (Å²) in [5.74, 6) is -0.482. The van der Waals surface area contributed by atoms with Gasteiger partial charge in [-0.05, 0) is 104 Å². The number of nitrogens with one attached hydrogen (secondary N) is 3. The van der Waals surface area contributed by atoms with Crippen LogP contribution in [-0.2, 0) is 27.2 Å². The second-order valence-corrected chi connectivity index (χ2v) is 15.3. The maximum Gasteiger partial charge on any atom is 0.341 e. The summed E-state index contributed by atoms with van der Waals surface area (Å²) in [6.45, 7) is 6.63. The number of esters is 1. The molecule has 0 saturated heterocycles. The molecular formula is C44H43N3O6S2. The Morgan fingerprint density at radius 3 is 2.31 bits per heavy atom. The van der Waals surface area contributed by atoms with Crippen molar-refractivity contribution in [3.05, 3.63) is 148 Å². The van der Waals surface area contributed by atoms with E-state index < -0.39 is 23.0 Å². The van der Waals surface area contributed by atoms with Gasteiger partial charge in [-0.2, -0.15) is 0 Å². The molecule has 0 aliphatic heterocycles. The second kappa shape index (κ2) is 18.6. The molecule has 2 atom stereocenters. The summed E-state index contributed by atoms with van der Waals surface area (Å²) in [4.78, 5) is 56.3. The maximum absolute atomic E-state index is 14.2.